The maximum absolute atomic E-state index is 3.41. The van der Waals surface area contributed by atoms with Gasteiger partial charge in [-0.25, -0.2) is 4.58 Å². The van der Waals surface area contributed by atoms with E-state index < -0.39 is 0 Å². The van der Waals surface area contributed by atoms with Crippen LogP contribution >= 0.6 is 15.9 Å². The van der Waals surface area contributed by atoms with Gasteiger partial charge < -0.3 is 0 Å². The highest BCUT2D eigenvalue weighted by Crippen LogP contribution is 2.09. The summed E-state index contributed by atoms with van der Waals surface area (Å²) in [5, 5.41) is 0. The summed E-state index contributed by atoms with van der Waals surface area (Å²) in [5.74, 6) is 0. The minimum absolute atomic E-state index is 1.12. The number of rotatable bonds is 1. The van der Waals surface area contributed by atoms with Gasteiger partial charge in [-0.05, 0) is 18.2 Å². The minimum Gasteiger partial charge on any atom is -0.241 e. The predicted molar refractivity (Wildman–Crippen MR) is 51.4 cm³/mol. The maximum atomic E-state index is 3.41. The van der Waals surface area contributed by atoms with E-state index in [0.29, 0.717) is 0 Å². The molecular weight excluding hydrogens is 202 g/mol. The van der Waals surface area contributed by atoms with E-state index in [1.54, 1.807) is 0 Å². The number of hydrogen-bond acceptors (Lipinski definition) is 0. The van der Waals surface area contributed by atoms with Gasteiger partial charge in [0.15, 0.2) is 6.21 Å². The summed E-state index contributed by atoms with van der Waals surface area (Å²) in [7, 11) is 4.03. The first-order valence-electron chi connectivity index (χ1n) is 3.45. The zero-order chi connectivity index (χ0) is 8.27. The molecule has 1 aromatic rings. The van der Waals surface area contributed by atoms with E-state index in [0.717, 1.165) is 4.47 Å². The zero-order valence-corrected chi connectivity index (χ0v) is 8.30. The first-order valence-corrected chi connectivity index (χ1v) is 4.24. The van der Waals surface area contributed by atoms with Crippen LogP contribution in [0.1, 0.15) is 5.56 Å². The molecule has 0 atom stereocenters. The lowest BCUT2D eigenvalue weighted by Crippen LogP contribution is -1.99. The Kier molecular flexibility index (Phi) is 2.83. The molecule has 0 aromatic heterocycles. The summed E-state index contributed by atoms with van der Waals surface area (Å²) < 4.78 is 3.15. The van der Waals surface area contributed by atoms with Crippen LogP contribution in [0.4, 0.5) is 0 Å². The fourth-order valence-electron chi connectivity index (χ4n) is 0.885. The van der Waals surface area contributed by atoms with E-state index >= 15 is 0 Å². The first kappa shape index (κ1) is 8.47. The fourth-order valence-corrected chi connectivity index (χ4v) is 1.30. The van der Waals surface area contributed by atoms with Crippen molar-refractivity contribution in [2.24, 2.45) is 0 Å². The van der Waals surface area contributed by atoms with Gasteiger partial charge in [0, 0.05) is 10.0 Å². The molecule has 11 heavy (non-hydrogen) atoms. The summed E-state index contributed by atoms with van der Waals surface area (Å²) in [4.78, 5) is 0. The molecule has 0 spiro atoms. The highest BCUT2D eigenvalue weighted by atomic mass is 79.9. The van der Waals surface area contributed by atoms with Crippen LogP contribution in [-0.2, 0) is 0 Å². The van der Waals surface area contributed by atoms with Crippen molar-refractivity contribution in [2.75, 3.05) is 14.1 Å². The molecule has 0 heterocycles. The average molecular weight is 213 g/mol. The van der Waals surface area contributed by atoms with E-state index in [1.807, 2.05) is 30.8 Å². The molecule has 0 amide bonds. The van der Waals surface area contributed by atoms with Crippen molar-refractivity contribution in [2.45, 2.75) is 0 Å². The molecule has 0 radical (unpaired) electrons. The Morgan fingerprint density at radius 1 is 1.36 bits per heavy atom. The maximum Gasteiger partial charge on any atom is 0.170 e. The number of benzene rings is 1. The number of hydrogen-bond donors (Lipinski definition) is 0. The van der Waals surface area contributed by atoms with Gasteiger partial charge in [0.05, 0.1) is 0 Å². The van der Waals surface area contributed by atoms with E-state index in [2.05, 4.69) is 34.3 Å². The molecule has 0 saturated carbocycles. The van der Waals surface area contributed by atoms with Gasteiger partial charge in [-0.1, -0.05) is 22.0 Å². The molecule has 0 fully saturated rings. The van der Waals surface area contributed by atoms with Gasteiger partial charge in [0.2, 0.25) is 0 Å². The van der Waals surface area contributed by atoms with Crippen LogP contribution in [0.5, 0.6) is 0 Å². The van der Waals surface area contributed by atoms with E-state index in [-0.39, 0.29) is 0 Å². The summed E-state index contributed by atoms with van der Waals surface area (Å²) in [6.45, 7) is 0. The lowest BCUT2D eigenvalue weighted by Gasteiger charge is -1.91. The molecule has 0 aliphatic carbocycles. The standard InChI is InChI=1S/C9H11BrN/c1-11(2)7-8-4-3-5-9(10)6-8/h3-7H,1-2H3/q+1. The largest absolute Gasteiger partial charge is 0.241 e. The van der Waals surface area contributed by atoms with Crippen molar-refractivity contribution in [3.63, 3.8) is 0 Å². The predicted octanol–water partition coefficient (Wildman–Crippen LogP) is 2.14. The molecule has 0 N–H and O–H groups in total. The molecular formula is C9H11BrN+. The SMILES string of the molecule is C[N+](C)=Cc1cccc(Br)c1. The van der Waals surface area contributed by atoms with Crippen molar-refractivity contribution < 1.29 is 4.58 Å². The van der Waals surface area contributed by atoms with Gasteiger partial charge >= 0.3 is 0 Å². The van der Waals surface area contributed by atoms with Crippen molar-refractivity contribution in [3.8, 4) is 0 Å². The summed E-state index contributed by atoms with van der Waals surface area (Å²) in [6, 6.07) is 8.21. The zero-order valence-electron chi connectivity index (χ0n) is 6.71. The number of halogens is 1. The van der Waals surface area contributed by atoms with Gasteiger partial charge in [-0.2, -0.15) is 0 Å². The smallest absolute Gasteiger partial charge is 0.170 e. The monoisotopic (exact) mass is 212 g/mol. The Morgan fingerprint density at radius 3 is 2.64 bits per heavy atom. The third-order valence-electron chi connectivity index (χ3n) is 1.26. The molecule has 0 aliphatic heterocycles. The van der Waals surface area contributed by atoms with Crippen LogP contribution in [0.2, 0.25) is 0 Å². The fraction of sp³-hybridized carbons (Fsp3) is 0.222. The lowest BCUT2D eigenvalue weighted by atomic mass is 10.2. The van der Waals surface area contributed by atoms with E-state index in [4.69, 9.17) is 0 Å². The highest BCUT2D eigenvalue weighted by molar-refractivity contribution is 9.10. The molecule has 0 saturated heterocycles. The number of nitrogens with zero attached hydrogens (tertiary/aromatic N) is 1. The van der Waals surface area contributed by atoms with Crippen molar-refractivity contribution in [1.82, 2.24) is 0 Å². The second-order valence-electron chi connectivity index (χ2n) is 2.65. The summed E-state index contributed by atoms with van der Waals surface area (Å²) >= 11 is 3.41. The Hall–Kier alpha value is -0.630. The Balaban J connectivity index is 2.97. The van der Waals surface area contributed by atoms with Crippen molar-refractivity contribution in [1.29, 1.82) is 0 Å². The molecule has 0 aliphatic rings. The van der Waals surface area contributed by atoms with Gasteiger partial charge in [0.25, 0.3) is 0 Å². The van der Waals surface area contributed by atoms with Crippen LogP contribution in [0, 0.1) is 0 Å². The summed E-state index contributed by atoms with van der Waals surface area (Å²) in [5.41, 5.74) is 1.21. The Labute approximate surface area is 75.5 Å². The lowest BCUT2D eigenvalue weighted by molar-refractivity contribution is -0.458. The van der Waals surface area contributed by atoms with Crippen LogP contribution < -0.4 is 0 Å². The molecule has 1 aromatic carbocycles. The van der Waals surface area contributed by atoms with Crippen molar-refractivity contribution in [3.05, 3.63) is 34.3 Å². The van der Waals surface area contributed by atoms with Crippen LogP contribution in [0.3, 0.4) is 0 Å². The third-order valence-corrected chi connectivity index (χ3v) is 1.75. The summed E-state index contributed by atoms with van der Waals surface area (Å²) in [6.07, 6.45) is 2.07. The van der Waals surface area contributed by atoms with Crippen molar-refractivity contribution >= 4 is 22.1 Å². The Morgan fingerprint density at radius 2 is 2.09 bits per heavy atom. The van der Waals surface area contributed by atoms with Crippen LogP contribution in [-0.4, -0.2) is 24.9 Å². The van der Waals surface area contributed by atoms with Gasteiger partial charge in [-0.3, -0.25) is 0 Å². The molecule has 58 valence electrons. The second-order valence-corrected chi connectivity index (χ2v) is 3.56. The van der Waals surface area contributed by atoms with E-state index in [1.165, 1.54) is 5.56 Å². The minimum atomic E-state index is 1.12. The first-order chi connectivity index (χ1) is 5.18. The third kappa shape index (κ3) is 2.85. The molecule has 1 rings (SSSR count). The van der Waals surface area contributed by atoms with Crippen LogP contribution in [0.25, 0.3) is 0 Å². The molecule has 0 bridgehead atoms. The molecule has 0 unspecified atom stereocenters. The molecule has 2 heteroatoms. The normalized spacial score (nSPS) is 9.36. The van der Waals surface area contributed by atoms with E-state index in [9.17, 15) is 0 Å². The quantitative estimate of drug-likeness (QED) is 0.496. The van der Waals surface area contributed by atoms with Gasteiger partial charge in [-0.15, -0.1) is 0 Å². The van der Waals surface area contributed by atoms with Gasteiger partial charge in [0.1, 0.15) is 14.1 Å². The van der Waals surface area contributed by atoms with Crippen LogP contribution in [0.15, 0.2) is 28.7 Å². The highest BCUT2D eigenvalue weighted by Gasteiger charge is 1.92. The average Bonchev–Trinajstić information content (AvgIpc) is 1.85. The second kappa shape index (κ2) is 3.67. The molecule has 1 nitrogen and oxygen atoms in total. The topological polar surface area (TPSA) is 3.01 Å². The Bertz CT molecular complexity index is 275.